The SMILES string of the molecule is CCOC(=O)c1c(NC(=O)OC(C)(C)C)ccn1C. The molecule has 0 spiro atoms. The van der Waals surface area contributed by atoms with E-state index in [2.05, 4.69) is 5.32 Å². The maximum Gasteiger partial charge on any atom is 0.412 e. The number of hydrogen-bond donors (Lipinski definition) is 1. The molecule has 0 unspecified atom stereocenters. The molecule has 106 valence electrons. The van der Waals surface area contributed by atoms with Crippen LogP contribution in [0.25, 0.3) is 0 Å². The third-order valence-electron chi connectivity index (χ3n) is 2.18. The number of esters is 1. The molecule has 1 aromatic heterocycles. The van der Waals surface area contributed by atoms with Crippen LogP contribution in [0.15, 0.2) is 12.3 Å². The molecule has 0 aliphatic carbocycles. The van der Waals surface area contributed by atoms with Crippen LogP contribution in [0.2, 0.25) is 0 Å². The Hall–Kier alpha value is -1.98. The van der Waals surface area contributed by atoms with Gasteiger partial charge in [0.05, 0.1) is 12.3 Å². The number of anilines is 1. The summed E-state index contributed by atoms with van der Waals surface area (Å²) in [5.41, 5.74) is 0.0612. The molecule has 6 heteroatoms. The van der Waals surface area contributed by atoms with Gasteiger partial charge in [-0.1, -0.05) is 0 Å². The summed E-state index contributed by atoms with van der Waals surface area (Å²) in [5.74, 6) is -0.485. The minimum atomic E-state index is -0.607. The molecule has 1 N–H and O–H groups in total. The average molecular weight is 268 g/mol. The van der Waals surface area contributed by atoms with Crippen molar-refractivity contribution in [3.63, 3.8) is 0 Å². The molecule has 1 amide bonds. The van der Waals surface area contributed by atoms with Crippen molar-refractivity contribution in [2.24, 2.45) is 7.05 Å². The molecule has 1 rings (SSSR count). The largest absolute Gasteiger partial charge is 0.461 e. The van der Waals surface area contributed by atoms with Crippen molar-refractivity contribution >= 4 is 17.7 Å². The van der Waals surface area contributed by atoms with Gasteiger partial charge in [-0.25, -0.2) is 9.59 Å². The van der Waals surface area contributed by atoms with Crippen molar-refractivity contribution in [2.45, 2.75) is 33.3 Å². The first kappa shape index (κ1) is 15.1. The first-order valence-electron chi connectivity index (χ1n) is 6.07. The lowest BCUT2D eigenvalue weighted by Crippen LogP contribution is -2.27. The lowest BCUT2D eigenvalue weighted by atomic mass is 10.2. The highest BCUT2D eigenvalue weighted by molar-refractivity contribution is 5.98. The number of rotatable bonds is 3. The summed E-state index contributed by atoms with van der Waals surface area (Å²) >= 11 is 0. The van der Waals surface area contributed by atoms with Crippen LogP contribution in [0.3, 0.4) is 0 Å². The van der Waals surface area contributed by atoms with E-state index in [4.69, 9.17) is 9.47 Å². The average Bonchev–Trinajstić information content (AvgIpc) is 2.57. The fourth-order valence-corrected chi connectivity index (χ4v) is 1.50. The molecule has 19 heavy (non-hydrogen) atoms. The van der Waals surface area contributed by atoms with E-state index in [0.717, 1.165) is 0 Å². The van der Waals surface area contributed by atoms with E-state index in [1.54, 1.807) is 51.6 Å². The van der Waals surface area contributed by atoms with Gasteiger partial charge in [-0.2, -0.15) is 0 Å². The van der Waals surface area contributed by atoms with Crippen molar-refractivity contribution in [3.05, 3.63) is 18.0 Å². The number of aryl methyl sites for hydroxylation is 1. The van der Waals surface area contributed by atoms with Crippen LogP contribution >= 0.6 is 0 Å². The number of nitrogens with zero attached hydrogens (tertiary/aromatic N) is 1. The molecule has 0 saturated carbocycles. The highest BCUT2D eigenvalue weighted by atomic mass is 16.6. The zero-order valence-electron chi connectivity index (χ0n) is 11.9. The van der Waals surface area contributed by atoms with Gasteiger partial charge in [0, 0.05) is 13.2 Å². The molecular weight excluding hydrogens is 248 g/mol. The van der Waals surface area contributed by atoms with Crippen LogP contribution in [0.5, 0.6) is 0 Å². The zero-order chi connectivity index (χ0) is 14.6. The van der Waals surface area contributed by atoms with Crippen molar-refractivity contribution in [2.75, 3.05) is 11.9 Å². The number of ether oxygens (including phenoxy) is 2. The van der Waals surface area contributed by atoms with Crippen LogP contribution in [-0.2, 0) is 16.5 Å². The summed E-state index contributed by atoms with van der Waals surface area (Å²) in [6, 6.07) is 1.62. The summed E-state index contributed by atoms with van der Waals surface area (Å²) in [6.07, 6.45) is 1.06. The Morgan fingerprint density at radius 2 is 2.00 bits per heavy atom. The van der Waals surface area contributed by atoms with E-state index in [1.807, 2.05) is 0 Å². The standard InChI is InChI=1S/C13H20N2O4/c1-6-18-11(16)10-9(7-8-15(10)5)14-12(17)19-13(2,3)4/h7-8H,6H2,1-5H3,(H,14,17). The van der Waals surface area contributed by atoms with Gasteiger partial charge in [0.2, 0.25) is 0 Å². The van der Waals surface area contributed by atoms with Gasteiger partial charge >= 0.3 is 12.1 Å². The Kier molecular flexibility index (Phi) is 4.58. The Bertz CT molecular complexity index is 471. The number of carbonyl (C=O) groups is 2. The summed E-state index contributed by atoms with van der Waals surface area (Å²) < 4.78 is 11.7. The van der Waals surface area contributed by atoms with E-state index in [9.17, 15) is 9.59 Å². The second-order valence-electron chi connectivity index (χ2n) is 5.04. The van der Waals surface area contributed by atoms with Crippen molar-refractivity contribution < 1.29 is 19.1 Å². The molecule has 1 aromatic rings. The summed E-state index contributed by atoms with van der Waals surface area (Å²) in [4.78, 5) is 23.5. The second-order valence-corrected chi connectivity index (χ2v) is 5.04. The van der Waals surface area contributed by atoms with Crippen LogP contribution in [0.1, 0.15) is 38.2 Å². The van der Waals surface area contributed by atoms with E-state index >= 15 is 0 Å². The van der Waals surface area contributed by atoms with Gasteiger partial charge < -0.3 is 14.0 Å². The Morgan fingerprint density at radius 1 is 1.37 bits per heavy atom. The molecule has 0 saturated heterocycles. The number of hydrogen-bond acceptors (Lipinski definition) is 4. The third-order valence-corrected chi connectivity index (χ3v) is 2.18. The first-order chi connectivity index (χ1) is 8.74. The molecule has 1 heterocycles. The Balaban J connectivity index is 2.85. The van der Waals surface area contributed by atoms with Gasteiger partial charge in [0.25, 0.3) is 0 Å². The van der Waals surface area contributed by atoms with Crippen molar-refractivity contribution in [1.82, 2.24) is 4.57 Å². The van der Waals surface area contributed by atoms with E-state index in [-0.39, 0.29) is 12.3 Å². The highest BCUT2D eigenvalue weighted by Crippen LogP contribution is 2.19. The number of amides is 1. The van der Waals surface area contributed by atoms with Crippen molar-refractivity contribution in [1.29, 1.82) is 0 Å². The molecule has 0 aromatic carbocycles. The van der Waals surface area contributed by atoms with Gasteiger partial charge in [-0.3, -0.25) is 5.32 Å². The van der Waals surface area contributed by atoms with Gasteiger partial charge in [0.15, 0.2) is 5.69 Å². The molecule has 0 atom stereocenters. The zero-order valence-corrected chi connectivity index (χ0v) is 11.9. The minimum Gasteiger partial charge on any atom is -0.461 e. The van der Waals surface area contributed by atoms with Gasteiger partial charge in [-0.15, -0.1) is 0 Å². The number of aromatic nitrogens is 1. The molecular formula is C13H20N2O4. The minimum absolute atomic E-state index is 0.274. The normalized spacial score (nSPS) is 11.0. The van der Waals surface area contributed by atoms with Crippen LogP contribution in [-0.4, -0.2) is 28.8 Å². The lowest BCUT2D eigenvalue weighted by Gasteiger charge is -2.19. The Labute approximate surface area is 112 Å². The van der Waals surface area contributed by atoms with Crippen molar-refractivity contribution in [3.8, 4) is 0 Å². The molecule has 0 fully saturated rings. The fraction of sp³-hybridized carbons (Fsp3) is 0.538. The van der Waals surface area contributed by atoms with E-state index in [0.29, 0.717) is 5.69 Å². The summed E-state index contributed by atoms with van der Waals surface area (Å²) in [5, 5.41) is 2.54. The molecule has 6 nitrogen and oxygen atoms in total. The maximum absolute atomic E-state index is 11.8. The topological polar surface area (TPSA) is 69.6 Å². The smallest absolute Gasteiger partial charge is 0.412 e. The molecule has 0 bridgehead atoms. The van der Waals surface area contributed by atoms with Crippen LogP contribution < -0.4 is 5.32 Å². The van der Waals surface area contributed by atoms with Crippen LogP contribution in [0.4, 0.5) is 10.5 Å². The highest BCUT2D eigenvalue weighted by Gasteiger charge is 2.21. The predicted molar refractivity (Wildman–Crippen MR) is 71.2 cm³/mol. The molecule has 0 aliphatic rings. The van der Waals surface area contributed by atoms with E-state index < -0.39 is 17.7 Å². The molecule has 0 radical (unpaired) electrons. The second kappa shape index (κ2) is 5.77. The number of carbonyl (C=O) groups excluding carboxylic acids is 2. The van der Waals surface area contributed by atoms with Gasteiger partial charge in [-0.05, 0) is 33.8 Å². The maximum atomic E-state index is 11.8. The summed E-state index contributed by atoms with van der Waals surface area (Å²) in [7, 11) is 1.70. The predicted octanol–water partition coefficient (Wildman–Crippen LogP) is 2.55. The monoisotopic (exact) mass is 268 g/mol. The quantitative estimate of drug-likeness (QED) is 0.855. The van der Waals surface area contributed by atoms with E-state index in [1.165, 1.54) is 0 Å². The third kappa shape index (κ3) is 4.31. The molecule has 0 aliphatic heterocycles. The summed E-state index contributed by atoms with van der Waals surface area (Å²) in [6.45, 7) is 7.30. The fourth-order valence-electron chi connectivity index (χ4n) is 1.50. The van der Waals surface area contributed by atoms with Crippen LogP contribution in [0, 0.1) is 0 Å². The Morgan fingerprint density at radius 3 is 2.53 bits per heavy atom. The van der Waals surface area contributed by atoms with Gasteiger partial charge in [0.1, 0.15) is 5.60 Å². The number of nitrogens with one attached hydrogen (secondary N) is 1. The lowest BCUT2D eigenvalue weighted by molar-refractivity contribution is 0.0516. The first-order valence-corrected chi connectivity index (χ1v) is 6.07.